The molecular weight excluding hydrogens is 336 g/mol. The highest BCUT2D eigenvalue weighted by Gasteiger charge is 2.39. The van der Waals surface area contributed by atoms with Crippen LogP contribution in [0.4, 0.5) is 14.5 Å². The van der Waals surface area contributed by atoms with Crippen LogP contribution < -0.4 is 4.90 Å². The van der Waals surface area contributed by atoms with Crippen LogP contribution in [0.25, 0.3) is 0 Å². The number of Topliss-reactive ketones (excluding diaryl/α,β-unsaturated/α-hetero) is 1. The fourth-order valence-electron chi connectivity index (χ4n) is 3.92. The number of hydrogen-bond acceptors (Lipinski definition) is 2. The largest absolute Gasteiger partial charge is 0.294 e. The minimum Gasteiger partial charge on any atom is -0.294 e. The van der Waals surface area contributed by atoms with Crippen molar-refractivity contribution in [3.8, 4) is 0 Å². The zero-order valence-electron chi connectivity index (χ0n) is 14.0. The number of benzene rings is 2. The topological polar surface area (TPSA) is 37.4 Å². The van der Waals surface area contributed by atoms with E-state index in [4.69, 9.17) is 0 Å². The Bertz CT molecular complexity index is 935. The Hall–Kier alpha value is -2.82. The van der Waals surface area contributed by atoms with Gasteiger partial charge in [0.2, 0.25) is 5.91 Å². The van der Waals surface area contributed by atoms with Gasteiger partial charge in [0, 0.05) is 30.0 Å². The summed E-state index contributed by atoms with van der Waals surface area (Å²) in [6, 6.07) is 11.9. The molecule has 0 saturated heterocycles. The molecule has 2 aromatic rings. The van der Waals surface area contributed by atoms with Crippen LogP contribution in [0.5, 0.6) is 0 Å². The minimum atomic E-state index is -0.453. The van der Waals surface area contributed by atoms with Gasteiger partial charge in [0.25, 0.3) is 0 Å². The molecule has 0 radical (unpaired) electrons. The van der Waals surface area contributed by atoms with Crippen LogP contribution in [-0.2, 0) is 9.59 Å². The summed E-state index contributed by atoms with van der Waals surface area (Å²) in [6.07, 6.45) is 1.68. The number of carbonyl (C=O) groups is 2. The Morgan fingerprint density at radius 3 is 2.38 bits per heavy atom. The van der Waals surface area contributed by atoms with Crippen molar-refractivity contribution < 1.29 is 18.4 Å². The molecule has 1 atom stereocenters. The number of nitrogens with zero attached hydrogens (tertiary/aromatic N) is 1. The van der Waals surface area contributed by atoms with Gasteiger partial charge < -0.3 is 0 Å². The molecule has 1 aliphatic heterocycles. The number of hydrogen-bond donors (Lipinski definition) is 0. The summed E-state index contributed by atoms with van der Waals surface area (Å²) in [4.78, 5) is 27.0. The highest BCUT2D eigenvalue weighted by Crippen LogP contribution is 2.43. The van der Waals surface area contributed by atoms with Gasteiger partial charge in [-0.15, -0.1) is 0 Å². The summed E-state index contributed by atoms with van der Waals surface area (Å²) in [5.41, 5.74) is 2.23. The number of rotatable bonds is 2. The second kappa shape index (κ2) is 6.48. The quantitative estimate of drug-likeness (QED) is 0.798. The smallest absolute Gasteiger partial charge is 0.232 e. The predicted molar refractivity (Wildman–Crippen MR) is 93.5 cm³/mol. The van der Waals surface area contributed by atoms with E-state index < -0.39 is 17.6 Å². The maximum absolute atomic E-state index is 13.7. The third-order valence-corrected chi connectivity index (χ3v) is 4.99. The van der Waals surface area contributed by atoms with E-state index in [1.165, 1.54) is 29.2 Å². The summed E-state index contributed by atoms with van der Waals surface area (Å²) in [6.45, 7) is 0. The first kappa shape index (κ1) is 16.6. The zero-order chi connectivity index (χ0) is 18.3. The van der Waals surface area contributed by atoms with Crippen LogP contribution in [-0.4, -0.2) is 11.7 Å². The van der Waals surface area contributed by atoms with E-state index in [1.54, 1.807) is 24.3 Å². The van der Waals surface area contributed by atoms with Crippen LogP contribution in [0.3, 0.4) is 0 Å². The normalized spacial score (nSPS) is 20.4. The van der Waals surface area contributed by atoms with Crippen LogP contribution in [0.1, 0.15) is 37.2 Å². The highest BCUT2D eigenvalue weighted by atomic mass is 19.1. The fourth-order valence-corrected chi connectivity index (χ4v) is 3.92. The number of amides is 1. The van der Waals surface area contributed by atoms with Crippen molar-refractivity contribution >= 4 is 17.4 Å². The molecule has 1 unspecified atom stereocenters. The average Bonchev–Trinajstić information content (AvgIpc) is 2.61. The summed E-state index contributed by atoms with van der Waals surface area (Å²) in [7, 11) is 0. The summed E-state index contributed by atoms with van der Waals surface area (Å²) < 4.78 is 27.4. The number of allylic oxidation sites excluding steroid dienone is 2. The molecule has 1 aliphatic carbocycles. The standard InChI is InChI=1S/C21H17F2NO2/c22-14-5-1-4-13(10-14)17-12-20(26)24(16-7-2-6-15(23)11-16)18-8-3-9-19(25)21(17)18/h1-2,4-7,10-11,17H,3,8-9,12H2. The molecule has 2 aliphatic rings. The Balaban J connectivity index is 1.87. The molecule has 2 aromatic carbocycles. The second-order valence-electron chi connectivity index (χ2n) is 6.66. The molecule has 0 spiro atoms. The van der Waals surface area contributed by atoms with Crippen molar-refractivity contribution in [3.63, 3.8) is 0 Å². The molecule has 3 nitrogen and oxygen atoms in total. The maximum atomic E-state index is 13.7. The Kier molecular flexibility index (Phi) is 4.15. The molecule has 5 heteroatoms. The fraction of sp³-hybridized carbons (Fsp3) is 0.238. The molecule has 0 saturated carbocycles. The first-order chi connectivity index (χ1) is 12.5. The Morgan fingerprint density at radius 2 is 1.65 bits per heavy atom. The highest BCUT2D eigenvalue weighted by molar-refractivity contribution is 6.07. The van der Waals surface area contributed by atoms with Gasteiger partial charge in [0.1, 0.15) is 11.6 Å². The lowest BCUT2D eigenvalue weighted by atomic mass is 9.77. The van der Waals surface area contributed by atoms with Crippen LogP contribution in [0, 0.1) is 11.6 Å². The van der Waals surface area contributed by atoms with Gasteiger partial charge in [-0.25, -0.2) is 8.78 Å². The predicted octanol–water partition coefficient (Wildman–Crippen LogP) is 4.49. The molecule has 132 valence electrons. The lowest BCUT2D eigenvalue weighted by Crippen LogP contribution is -2.40. The summed E-state index contributed by atoms with van der Waals surface area (Å²) >= 11 is 0. The van der Waals surface area contributed by atoms with E-state index >= 15 is 0 Å². The molecule has 0 N–H and O–H groups in total. The van der Waals surface area contributed by atoms with Crippen LogP contribution in [0.15, 0.2) is 59.8 Å². The molecule has 0 bridgehead atoms. The van der Waals surface area contributed by atoms with Gasteiger partial charge in [-0.1, -0.05) is 18.2 Å². The van der Waals surface area contributed by atoms with Gasteiger partial charge in [0.05, 0.1) is 5.69 Å². The molecule has 0 fully saturated rings. The number of ketones is 1. The summed E-state index contributed by atoms with van der Waals surface area (Å²) in [5, 5.41) is 0. The maximum Gasteiger partial charge on any atom is 0.232 e. The molecule has 1 heterocycles. The average molecular weight is 353 g/mol. The first-order valence-electron chi connectivity index (χ1n) is 8.65. The van der Waals surface area contributed by atoms with Gasteiger partial charge in [-0.05, 0) is 48.7 Å². The lowest BCUT2D eigenvalue weighted by Gasteiger charge is -2.38. The van der Waals surface area contributed by atoms with Crippen molar-refractivity contribution in [2.45, 2.75) is 31.6 Å². The molecule has 1 amide bonds. The van der Waals surface area contributed by atoms with E-state index in [0.717, 1.165) is 0 Å². The minimum absolute atomic E-state index is 0.0191. The lowest BCUT2D eigenvalue weighted by molar-refractivity contribution is -0.119. The number of carbonyl (C=O) groups excluding carboxylic acids is 2. The third-order valence-electron chi connectivity index (χ3n) is 4.99. The number of anilines is 1. The van der Waals surface area contributed by atoms with Gasteiger partial charge in [-0.2, -0.15) is 0 Å². The van der Waals surface area contributed by atoms with E-state index in [2.05, 4.69) is 0 Å². The zero-order valence-corrected chi connectivity index (χ0v) is 14.0. The summed E-state index contributed by atoms with van der Waals surface area (Å²) in [5.74, 6) is -1.52. The Labute approximate surface area is 149 Å². The SMILES string of the molecule is O=C1CCCC2=C1C(c1cccc(F)c1)CC(=O)N2c1cccc(F)c1. The van der Waals surface area contributed by atoms with Crippen molar-refractivity contribution in [1.29, 1.82) is 0 Å². The van der Waals surface area contributed by atoms with E-state index in [1.807, 2.05) is 0 Å². The van der Waals surface area contributed by atoms with Crippen LogP contribution in [0.2, 0.25) is 0 Å². The molecule has 0 aromatic heterocycles. The van der Waals surface area contributed by atoms with Crippen molar-refractivity contribution in [2.24, 2.45) is 0 Å². The van der Waals surface area contributed by atoms with E-state index in [9.17, 15) is 18.4 Å². The van der Waals surface area contributed by atoms with E-state index in [0.29, 0.717) is 41.8 Å². The molecular formula is C21H17F2NO2. The van der Waals surface area contributed by atoms with Crippen molar-refractivity contribution in [1.82, 2.24) is 0 Å². The van der Waals surface area contributed by atoms with Gasteiger partial charge in [0.15, 0.2) is 5.78 Å². The van der Waals surface area contributed by atoms with Crippen molar-refractivity contribution in [2.75, 3.05) is 4.90 Å². The Morgan fingerprint density at radius 1 is 0.923 bits per heavy atom. The monoisotopic (exact) mass is 353 g/mol. The van der Waals surface area contributed by atoms with Gasteiger partial charge >= 0.3 is 0 Å². The number of halogens is 2. The van der Waals surface area contributed by atoms with E-state index in [-0.39, 0.29) is 18.1 Å². The third kappa shape index (κ3) is 2.83. The molecule has 4 rings (SSSR count). The van der Waals surface area contributed by atoms with Crippen LogP contribution >= 0.6 is 0 Å². The van der Waals surface area contributed by atoms with Gasteiger partial charge in [-0.3, -0.25) is 14.5 Å². The second-order valence-corrected chi connectivity index (χ2v) is 6.66. The van der Waals surface area contributed by atoms with Crippen molar-refractivity contribution in [3.05, 3.63) is 77.0 Å². The molecule has 26 heavy (non-hydrogen) atoms. The first-order valence-corrected chi connectivity index (χ1v) is 8.65.